The van der Waals surface area contributed by atoms with Crippen molar-refractivity contribution >= 4 is 40.6 Å². The molecule has 4 rings (SSSR count). The summed E-state index contributed by atoms with van der Waals surface area (Å²) in [6, 6.07) is 4.21. The molecule has 3 heterocycles. The maximum atomic E-state index is 15.0. The van der Waals surface area contributed by atoms with Crippen LogP contribution in [0.25, 0.3) is 0 Å². The molecule has 1 N–H and O–H groups in total. The van der Waals surface area contributed by atoms with Gasteiger partial charge in [-0.15, -0.1) is 11.3 Å². The lowest BCUT2D eigenvalue weighted by Gasteiger charge is -2.24. The number of ketones is 1. The van der Waals surface area contributed by atoms with E-state index in [4.69, 9.17) is 9.57 Å². The maximum absolute atomic E-state index is 15.0. The molecule has 1 aromatic heterocycles. The minimum Gasteiger partial charge on any atom is -0.444 e. The normalized spacial score (nSPS) is 18.6. The van der Waals surface area contributed by atoms with Crippen LogP contribution in [-0.2, 0) is 20.9 Å². The highest BCUT2D eigenvalue weighted by molar-refractivity contribution is 7.09. The lowest BCUT2D eigenvalue weighted by atomic mass is 10.1. The molecular formula is C22H26FN5O5S. The first-order valence-corrected chi connectivity index (χ1v) is 11.9. The number of hydrogen-bond donors (Lipinski definition) is 1. The van der Waals surface area contributed by atoms with Crippen molar-refractivity contribution in [3.05, 3.63) is 40.6 Å². The molecule has 1 aromatic carbocycles. The average molecular weight is 492 g/mol. The van der Waals surface area contributed by atoms with Gasteiger partial charge in [0.1, 0.15) is 17.7 Å². The van der Waals surface area contributed by atoms with Gasteiger partial charge in [-0.05, 0) is 31.5 Å². The van der Waals surface area contributed by atoms with E-state index in [2.05, 4.69) is 10.3 Å². The number of halogens is 1. The number of nitrogens with one attached hydrogen (secondary N) is 1. The van der Waals surface area contributed by atoms with E-state index in [1.165, 1.54) is 34.3 Å². The van der Waals surface area contributed by atoms with Gasteiger partial charge in [0, 0.05) is 30.6 Å². The Bertz CT molecular complexity index is 1040. The Balaban J connectivity index is 1.34. The highest BCUT2D eigenvalue weighted by atomic mass is 32.1. The van der Waals surface area contributed by atoms with E-state index in [1.54, 1.807) is 28.7 Å². The summed E-state index contributed by atoms with van der Waals surface area (Å²) >= 11 is 1.45. The summed E-state index contributed by atoms with van der Waals surface area (Å²) in [4.78, 5) is 49.4. The molecule has 0 spiro atoms. The number of hydroxylamine groups is 2. The number of aromatic nitrogens is 1. The molecule has 0 bridgehead atoms. The third-order valence-electron chi connectivity index (χ3n) is 5.58. The minimum atomic E-state index is -0.552. The smallest absolute Gasteiger partial charge is 0.414 e. The second-order valence-electron chi connectivity index (χ2n) is 8.04. The van der Waals surface area contributed by atoms with Gasteiger partial charge in [-0.2, -0.15) is 0 Å². The Morgan fingerprint density at radius 3 is 2.88 bits per heavy atom. The van der Waals surface area contributed by atoms with Gasteiger partial charge in [-0.1, -0.05) is 0 Å². The molecule has 10 nitrogen and oxygen atoms in total. The molecule has 12 heteroatoms. The molecule has 2 aliphatic rings. The van der Waals surface area contributed by atoms with Crippen molar-refractivity contribution in [1.82, 2.24) is 15.4 Å². The summed E-state index contributed by atoms with van der Waals surface area (Å²) < 4.78 is 20.3. The number of carbonyl (C=O) groups excluding carboxylic acids is 3. The monoisotopic (exact) mass is 491 g/mol. The molecule has 2 aromatic rings. The van der Waals surface area contributed by atoms with E-state index in [0.29, 0.717) is 43.9 Å². The van der Waals surface area contributed by atoms with Crippen LogP contribution in [0.15, 0.2) is 29.9 Å². The second-order valence-corrected chi connectivity index (χ2v) is 9.01. The van der Waals surface area contributed by atoms with Crippen molar-refractivity contribution in [2.45, 2.75) is 32.4 Å². The van der Waals surface area contributed by atoms with Crippen LogP contribution in [0.4, 0.5) is 25.4 Å². The van der Waals surface area contributed by atoms with Crippen LogP contribution in [0.3, 0.4) is 0 Å². The van der Waals surface area contributed by atoms with Crippen LogP contribution in [0, 0.1) is 5.82 Å². The number of anilines is 2. The standard InChI is InChI=1S/C22H26FN5O5S/c1-15(29)2-4-17-13-27(22(31)33-17)16-3-5-20(19(23)10-16)26-6-7-28(32-9-8-26)21(30)25-12-18-11-24-14-34-18/h3,5,10-11,14,17H,2,4,6-9,12-13H2,1H3,(H,25,30)/t17-/m0/s1. The molecule has 34 heavy (non-hydrogen) atoms. The third-order valence-corrected chi connectivity index (χ3v) is 6.36. The van der Waals surface area contributed by atoms with Crippen molar-refractivity contribution in [3.8, 4) is 0 Å². The van der Waals surface area contributed by atoms with Crippen molar-refractivity contribution in [2.24, 2.45) is 0 Å². The molecular weight excluding hydrogens is 465 g/mol. The van der Waals surface area contributed by atoms with Gasteiger partial charge in [0.05, 0.1) is 43.1 Å². The number of cyclic esters (lactones) is 1. The zero-order valence-electron chi connectivity index (χ0n) is 18.7. The zero-order chi connectivity index (χ0) is 24.1. The number of Topliss-reactive ketones (excluding diaryl/α,β-unsaturated/α-hetero) is 1. The van der Waals surface area contributed by atoms with Crippen LogP contribution in [-0.4, -0.2) is 66.8 Å². The first-order chi connectivity index (χ1) is 16.4. The summed E-state index contributed by atoms with van der Waals surface area (Å²) in [6.07, 6.45) is 1.52. The molecule has 0 unspecified atom stereocenters. The van der Waals surface area contributed by atoms with Crippen LogP contribution in [0.2, 0.25) is 0 Å². The first kappa shape index (κ1) is 23.9. The van der Waals surface area contributed by atoms with Crippen molar-refractivity contribution in [1.29, 1.82) is 0 Å². The maximum Gasteiger partial charge on any atom is 0.414 e. The van der Waals surface area contributed by atoms with Crippen molar-refractivity contribution in [2.75, 3.05) is 42.6 Å². The largest absolute Gasteiger partial charge is 0.444 e. The van der Waals surface area contributed by atoms with E-state index >= 15 is 4.39 Å². The Hall–Kier alpha value is -3.25. The fourth-order valence-corrected chi connectivity index (χ4v) is 4.33. The van der Waals surface area contributed by atoms with Gasteiger partial charge in [-0.3, -0.25) is 14.7 Å². The predicted octanol–water partition coefficient (Wildman–Crippen LogP) is 2.94. The SMILES string of the molecule is CC(=O)CC[C@H]1CN(c2ccc(N3CCON(C(=O)NCc4cncs4)CC3)c(F)c2)C(=O)O1. The van der Waals surface area contributed by atoms with Crippen molar-refractivity contribution in [3.63, 3.8) is 0 Å². The fourth-order valence-electron chi connectivity index (χ4n) is 3.80. The molecule has 1 atom stereocenters. The van der Waals surface area contributed by atoms with Gasteiger partial charge < -0.3 is 19.7 Å². The van der Waals surface area contributed by atoms with Crippen LogP contribution >= 0.6 is 11.3 Å². The highest BCUT2D eigenvalue weighted by Gasteiger charge is 2.33. The van der Waals surface area contributed by atoms with Crippen LogP contribution in [0.5, 0.6) is 0 Å². The lowest BCUT2D eigenvalue weighted by Crippen LogP contribution is -2.41. The van der Waals surface area contributed by atoms with E-state index < -0.39 is 18.0 Å². The zero-order valence-corrected chi connectivity index (χ0v) is 19.6. The Kier molecular flexibility index (Phi) is 7.58. The Morgan fingerprint density at radius 2 is 2.15 bits per heavy atom. The Labute approximate surface area is 200 Å². The molecule has 2 saturated heterocycles. The molecule has 2 fully saturated rings. The molecule has 3 amide bonds. The summed E-state index contributed by atoms with van der Waals surface area (Å²) in [5.74, 6) is -0.456. The number of hydrogen-bond acceptors (Lipinski definition) is 8. The third kappa shape index (κ3) is 5.81. The number of thiazole rings is 1. The molecule has 182 valence electrons. The van der Waals surface area contributed by atoms with Gasteiger partial charge in [0.25, 0.3) is 0 Å². The molecule has 0 radical (unpaired) electrons. The molecule has 0 saturated carbocycles. The van der Waals surface area contributed by atoms with Crippen LogP contribution in [0.1, 0.15) is 24.6 Å². The Morgan fingerprint density at radius 1 is 1.29 bits per heavy atom. The summed E-state index contributed by atoms with van der Waals surface area (Å²) in [5.41, 5.74) is 2.45. The van der Waals surface area contributed by atoms with E-state index in [-0.39, 0.29) is 31.5 Å². The van der Waals surface area contributed by atoms with E-state index in [9.17, 15) is 14.4 Å². The number of benzene rings is 1. The van der Waals surface area contributed by atoms with Crippen molar-refractivity contribution < 1.29 is 28.3 Å². The van der Waals surface area contributed by atoms with E-state index in [0.717, 1.165) is 4.88 Å². The van der Waals surface area contributed by atoms with Gasteiger partial charge in [0.15, 0.2) is 0 Å². The highest BCUT2D eigenvalue weighted by Crippen LogP contribution is 2.29. The first-order valence-electron chi connectivity index (χ1n) is 11.0. The summed E-state index contributed by atoms with van der Waals surface area (Å²) in [6.45, 7) is 3.37. The number of rotatable bonds is 7. The van der Waals surface area contributed by atoms with Gasteiger partial charge in [0.2, 0.25) is 0 Å². The van der Waals surface area contributed by atoms with Crippen LogP contribution < -0.4 is 15.1 Å². The summed E-state index contributed by atoms with van der Waals surface area (Å²) in [5, 5.41) is 4.03. The average Bonchev–Trinajstić information content (AvgIpc) is 3.39. The summed E-state index contributed by atoms with van der Waals surface area (Å²) in [7, 11) is 0. The van der Waals surface area contributed by atoms with Gasteiger partial charge >= 0.3 is 12.1 Å². The number of nitrogens with zero attached hydrogens (tertiary/aromatic N) is 4. The van der Waals surface area contributed by atoms with Gasteiger partial charge in [-0.25, -0.2) is 19.0 Å². The molecule has 0 aliphatic carbocycles. The predicted molar refractivity (Wildman–Crippen MR) is 123 cm³/mol. The van der Waals surface area contributed by atoms with E-state index in [1.807, 2.05) is 0 Å². The molecule has 2 aliphatic heterocycles. The number of ether oxygens (including phenoxy) is 1. The number of amides is 3. The number of carbonyl (C=O) groups is 3. The second kappa shape index (κ2) is 10.8. The topological polar surface area (TPSA) is 104 Å². The quantitative estimate of drug-likeness (QED) is 0.635. The number of urea groups is 1. The minimum absolute atomic E-state index is 0.0298. The fraction of sp³-hybridized carbons (Fsp3) is 0.455. The lowest BCUT2D eigenvalue weighted by molar-refractivity contribution is -0.117.